The predicted octanol–water partition coefficient (Wildman–Crippen LogP) is -0.926. The van der Waals surface area contributed by atoms with E-state index in [1.54, 1.807) is 6.92 Å². The molecule has 128 valence electrons. The molecular weight excluding hydrogens is 320 g/mol. The van der Waals surface area contributed by atoms with Crippen molar-refractivity contribution in [2.45, 2.75) is 31.8 Å². The molecule has 3 N–H and O–H groups in total. The maximum Gasteiger partial charge on any atom is 0.374 e. The lowest BCUT2D eigenvalue weighted by Crippen LogP contribution is -2.33. The minimum atomic E-state index is -0.918. The van der Waals surface area contributed by atoms with Crippen LogP contribution in [0.5, 0.6) is 0 Å². The van der Waals surface area contributed by atoms with Gasteiger partial charge in [0.15, 0.2) is 0 Å². The van der Waals surface area contributed by atoms with E-state index in [-0.39, 0.29) is 18.9 Å². The molecule has 3 atom stereocenters. The average molecular weight is 336 g/mol. The number of aromatic amines is 2. The van der Waals surface area contributed by atoms with Gasteiger partial charge in [-0.15, -0.1) is 0 Å². The first-order valence-electron chi connectivity index (χ1n) is 7.28. The molecule has 3 heterocycles. The Hall–Kier alpha value is -2.72. The molecule has 0 bridgehead atoms. The van der Waals surface area contributed by atoms with Gasteiger partial charge in [0.2, 0.25) is 5.82 Å². The minimum Gasteiger partial charge on any atom is -0.457 e. The summed E-state index contributed by atoms with van der Waals surface area (Å²) in [4.78, 5) is 43.5. The van der Waals surface area contributed by atoms with Gasteiger partial charge in [0.1, 0.15) is 18.9 Å². The van der Waals surface area contributed by atoms with Crippen molar-refractivity contribution in [2.24, 2.45) is 0 Å². The highest BCUT2D eigenvalue weighted by Crippen LogP contribution is 2.27. The standard InChI is InChI=1S/C14H16N4O6/c1-7-5-18(14(22)17-12(7)20)10-4-8(19)9(24-10)6-23-13(21)11-15-2-3-16-11/h2-3,5,8-10,19H,4,6H2,1H3,(H,15,16)(H,17,20,22)/t8?,9-,10-/m1/s1. The maximum atomic E-state index is 11.9. The van der Waals surface area contributed by atoms with Gasteiger partial charge >= 0.3 is 11.7 Å². The largest absolute Gasteiger partial charge is 0.457 e. The van der Waals surface area contributed by atoms with Crippen molar-refractivity contribution in [2.75, 3.05) is 6.61 Å². The van der Waals surface area contributed by atoms with Crippen molar-refractivity contribution in [1.82, 2.24) is 19.5 Å². The molecule has 2 aromatic rings. The Morgan fingerprint density at radius 3 is 3.04 bits per heavy atom. The fourth-order valence-corrected chi connectivity index (χ4v) is 2.44. The molecular formula is C14H16N4O6. The third kappa shape index (κ3) is 3.14. The van der Waals surface area contributed by atoms with E-state index < -0.39 is 35.7 Å². The molecule has 0 amide bonds. The molecule has 0 radical (unpaired) electrons. The van der Waals surface area contributed by atoms with Crippen LogP contribution < -0.4 is 11.2 Å². The lowest BCUT2D eigenvalue weighted by molar-refractivity contribution is -0.0535. The summed E-state index contributed by atoms with van der Waals surface area (Å²) in [6.45, 7) is 1.37. The molecule has 0 saturated carbocycles. The van der Waals surface area contributed by atoms with Crippen LogP contribution in [0.1, 0.15) is 28.8 Å². The van der Waals surface area contributed by atoms with Gasteiger partial charge in [0.05, 0.1) is 6.10 Å². The first kappa shape index (κ1) is 16.1. The van der Waals surface area contributed by atoms with Crippen LogP contribution in [0.3, 0.4) is 0 Å². The number of ether oxygens (including phenoxy) is 2. The SMILES string of the molecule is Cc1cn([C@H]2CC(O)[C@@H](COC(=O)c3ncc[nH]3)O2)c(=O)[nH]c1=O. The second-order valence-corrected chi connectivity index (χ2v) is 5.45. The fourth-order valence-electron chi connectivity index (χ4n) is 2.44. The van der Waals surface area contributed by atoms with Gasteiger partial charge in [-0.3, -0.25) is 14.3 Å². The normalized spacial score (nSPS) is 23.3. The molecule has 1 aliphatic rings. The highest BCUT2D eigenvalue weighted by atomic mass is 16.6. The lowest BCUT2D eigenvalue weighted by Gasteiger charge is -2.16. The monoisotopic (exact) mass is 336 g/mol. The minimum absolute atomic E-state index is 0.0477. The van der Waals surface area contributed by atoms with Crippen LogP contribution in [0.4, 0.5) is 0 Å². The fraction of sp³-hybridized carbons (Fsp3) is 0.429. The van der Waals surface area contributed by atoms with Crippen LogP contribution in [-0.4, -0.2) is 49.4 Å². The molecule has 0 spiro atoms. The Morgan fingerprint density at radius 2 is 2.33 bits per heavy atom. The predicted molar refractivity (Wildman–Crippen MR) is 79.5 cm³/mol. The van der Waals surface area contributed by atoms with Crippen molar-refractivity contribution < 1.29 is 19.4 Å². The van der Waals surface area contributed by atoms with E-state index in [0.29, 0.717) is 5.56 Å². The second kappa shape index (κ2) is 6.42. The molecule has 3 rings (SSSR count). The van der Waals surface area contributed by atoms with Crippen molar-refractivity contribution in [1.29, 1.82) is 0 Å². The summed E-state index contributed by atoms with van der Waals surface area (Å²) in [6.07, 6.45) is 1.95. The molecule has 2 aromatic heterocycles. The number of aliphatic hydroxyl groups is 1. The Kier molecular flexibility index (Phi) is 4.32. The number of rotatable bonds is 4. The molecule has 1 saturated heterocycles. The van der Waals surface area contributed by atoms with Gasteiger partial charge in [-0.25, -0.2) is 14.6 Å². The number of aromatic nitrogens is 4. The van der Waals surface area contributed by atoms with E-state index in [1.165, 1.54) is 23.2 Å². The van der Waals surface area contributed by atoms with Crippen molar-refractivity contribution in [3.8, 4) is 0 Å². The van der Waals surface area contributed by atoms with E-state index >= 15 is 0 Å². The van der Waals surface area contributed by atoms with Gasteiger partial charge in [-0.2, -0.15) is 0 Å². The zero-order chi connectivity index (χ0) is 17.3. The highest BCUT2D eigenvalue weighted by molar-refractivity contribution is 5.85. The number of hydrogen-bond donors (Lipinski definition) is 3. The molecule has 0 aliphatic carbocycles. The van der Waals surface area contributed by atoms with Crippen LogP contribution in [0, 0.1) is 6.92 Å². The number of nitrogens with one attached hydrogen (secondary N) is 2. The van der Waals surface area contributed by atoms with Crippen molar-refractivity contribution in [3.63, 3.8) is 0 Å². The van der Waals surface area contributed by atoms with Gasteiger partial charge in [-0.1, -0.05) is 0 Å². The molecule has 10 heteroatoms. The smallest absolute Gasteiger partial charge is 0.374 e. The molecule has 24 heavy (non-hydrogen) atoms. The van der Waals surface area contributed by atoms with Crippen LogP contribution in [0.2, 0.25) is 0 Å². The topological polar surface area (TPSA) is 139 Å². The Balaban J connectivity index is 1.67. The van der Waals surface area contributed by atoms with Gasteiger partial charge < -0.3 is 19.6 Å². The zero-order valence-corrected chi connectivity index (χ0v) is 12.8. The van der Waals surface area contributed by atoms with Gasteiger partial charge in [0.25, 0.3) is 5.56 Å². The molecule has 1 aliphatic heterocycles. The summed E-state index contributed by atoms with van der Waals surface area (Å²) < 4.78 is 11.8. The van der Waals surface area contributed by atoms with Gasteiger partial charge in [-0.05, 0) is 6.92 Å². The number of carbonyl (C=O) groups excluding carboxylic acids is 1. The summed E-state index contributed by atoms with van der Waals surface area (Å²) >= 11 is 0. The van der Waals surface area contributed by atoms with E-state index in [1.807, 2.05) is 0 Å². The van der Waals surface area contributed by atoms with Crippen LogP contribution in [-0.2, 0) is 9.47 Å². The average Bonchev–Trinajstić information content (AvgIpc) is 3.18. The van der Waals surface area contributed by atoms with E-state index in [9.17, 15) is 19.5 Å². The van der Waals surface area contributed by atoms with Crippen molar-refractivity contribution >= 4 is 5.97 Å². The summed E-state index contributed by atoms with van der Waals surface area (Å²) in [7, 11) is 0. The third-order valence-electron chi connectivity index (χ3n) is 3.73. The number of H-pyrrole nitrogens is 2. The summed E-state index contributed by atoms with van der Waals surface area (Å²) in [5.74, 6) is -0.622. The quantitative estimate of drug-likeness (QED) is 0.613. The van der Waals surface area contributed by atoms with E-state index in [4.69, 9.17) is 9.47 Å². The van der Waals surface area contributed by atoms with Crippen LogP contribution in [0.25, 0.3) is 0 Å². The summed E-state index contributed by atoms with van der Waals surface area (Å²) in [6, 6.07) is 0. The van der Waals surface area contributed by atoms with Crippen molar-refractivity contribution in [3.05, 3.63) is 50.8 Å². The van der Waals surface area contributed by atoms with E-state index in [0.717, 1.165) is 0 Å². The second-order valence-electron chi connectivity index (χ2n) is 5.45. The first-order chi connectivity index (χ1) is 11.5. The Bertz CT molecular complexity index is 840. The number of hydrogen-bond acceptors (Lipinski definition) is 7. The van der Waals surface area contributed by atoms with Crippen LogP contribution >= 0.6 is 0 Å². The Labute approximate surface area is 135 Å². The van der Waals surface area contributed by atoms with Crippen LogP contribution in [0.15, 0.2) is 28.2 Å². The number of carbonyl (C=O) groups is 1. The maximum absolute atomic E-state index is 11.9. The first-order valence-corrected chi connectivity index (χ1v) is 7.28. The summed E-state index contributed by atoms with van der Waals surface area (Å²) in [5, 5.41) is 10.1. The zero-order valence-electron chi connectivity index (χ0n) is 12.8. The molecule has 1 unspecified atom stereocenters. The number of esters is 1. The molecule has 1 fully saturated rings. The molecule has 10 nitrogen and oxygen atoms in total. The van der Waals surface area contributed by atoms with Gasteiger partial charge in [0, 0.05) is 30.6 Å². The number of aryl methyl sites for hydroxylation is 1. The summed E-state index contributed by atoms with van der Waals surface area (Å²) in [5.41, 5.74) is -0.754. The number of nitrogens with zero attached hydrogens (tertiary/aromatic N) is 2. The third-order valence-corrected chi connectivity index (χ3v) is 3.73. The lowest BCUT2D eigenvalue weighted by atomic mass is 10.2. The van der Waals surface area contributed by atoms with E-state index in [2.05, 4.69) is 15.0 Å². The molecule has 0 aromatic carbocycles. The Morgan fingerprint density at radius 1 is 1.54 bits per heavy atom. The number of aliphatic hydroxyl groups excluding tert-OH is 1. The number of imidazole rings is 1. The highest BCUT2D eigenvalue weighted by Gasteiger charge is 2.36.